The van der Waals surface area contributed by atoms with Gasteiger partial charge in [-0.15, -0.1) is 0 Å². The second-order valence-corrected chi connectivity index (χ2v) is 12.0. The number of hydrogen-bond acceptors (Lipinski definition) is 8. The van der Waals surface area contributed by atoms with Crippen LogP contribution < -0.4 is 10.7 Å². The van der Waals surface area contributed by atoms with Gasteiger partial charge in [0, 0.05) is 37.5 Å². The van der Waals surface area contributed by atoms with Gasteiger partial charge in [-0.1, -0.05) is 36.5 Å². The van der Waals surface area contributed by atoms with Crippen LogP contribution in [0.3, 0.4) is 0 Å². The molecular weight excluding hydrogens is 556 g/mol. The average Bonchev–Trinajstić information content (AvgIpc) is 3.64. The van der Waals surface area contributed by atoms with Crippen LogP contribution in [0.15, 0.2) is 33.8 Å². The SMILES string of the molecule is C[C@H]1CC[C@H](Cn2c(N3CCO[C@@H]4CCC(F)(F)[C@H]43)nc3cc(-c4noc(=O)[nH]4)nc(-c4cncc(Cl)c4)c32)CC1. The summed E-state index contributed by atoms with van der Waals surface area (Å²) < 4.78 is 43.3. The predicted molar refractivity (Wildman–Crippen MR) is 148 cm³/mol. The topological polar surface area (TPSA) is 115 Å². The molecule has 4 aromatic rings. The number of alkyl halides is 2. The number of aromatic nitrogens is 6. The first kappa shape index (κ1) is 26.5. The predicted octanol–water partition coefficient (Wildman–Crippen LogP) is 5.32. The van der Waals surface area contributed by atoms with Gasteiger partial charge in [0.1, 0.15) is 11.7 Å². The summed E-state index contributed by atoms with van der Waals surface area (Å²) in [5, 5.41) is 4.24. The maximum absolute atomic E-state index is 15.3. The molecule has 3 aliphatic rings. The van der Waals surface area contributed by atoms with Gasteiger partial charge in [0.05, 0.1) is 34.5 Å². The molecule has 0 amide bonds. The van der Waals surface area contributed by atoms with Crippen LogP contribution in [0.2, 0.25) is 5.02 Å². The molecule has 0 radical (unpaired) electrons. The van der Waals surface area contributed by atoms with E-state index >= 15 is 8.78 Å². The van der Waals surface area contributed by atoms with Crippen LogP contribution in [-0.4, -0.2) is 60.9 Å². The monoisotopic (exact) mass is 585 g/mol. The fraction of sp³-hybridized carbons (Fsp3) is 0.536. The maximum atomic E-state index is 15.3. The number of fused-ring (bicyclic) bond motifs is 2. The fourth-order valence-corrected chi connectivity index (χ4v) is 6.87. The number of anilines is 1. The summed E-state index contributed by atoms with van der Waals surface area (Å²) >= 11 is 6.34. The Morgan fingerprint density at radius 2 is 1.98 bits per heavy atom. The first-order valence-electron chi connectivity index (χ1n) is 14.1. The minimum Gasteiger partial charge on any atom is -0.374 e. The molecule has 3 fully saturated rings. The lowest BCUT2D eigenvalue weighted by atomic mass is 9.83. The molecule has 0 aromatic carbocycles. The molecule has 7 rings (SSSR count). The lowest BCUT2D eigenvalue weighted by molar-refractivity contribution is -0.0583. The normalized spacial score (nSPS) is 26.0. The van der Waals surface area contributed by atoms with Gasteiger partial charge >= 0.3 is 5.76 Å². The van der Waals surface area contributed by atoms with Crippen LogP contribution >= 0.6 is 11.6 Å². The molecule has 0 unspecified atom stereocenters. The van der Waals surface area contributed by atoms with Crippen molar-refractivity contribution >= 4 is 28.6 Å². The van der Waals surface area contributed by atoms with Gasteiger partial charge in [0.25, 0.3) is 5.92 Å². The molecule has 1 aliphatic heterocycles. The molecule has 4 aromatic heterocycles. The van der Waals surface area contributed by atoms with Gasteiger partial charge in [-0.3, -0.25) is 14.5 Å². The van der Waals surface area contributed by atoms with E-state index in [0.29, 0.717) is 76.9 Å². The first-order chi connectivity index (χ1) is 19.8. The highest BCUT2D eigenvalue weighted by molar-refractivity contribution is 6.30. The standard InChI is InChI=1S/C28H30ClF2N7O3/c1-15-2-4-16(5-3-15)14-38-23-19(34-26(38)37-8-9-40-21-6-7-28(30,31)24(21)37)11-20(25-35-27(39)41-36-25)33-22(23)17-10-18(29)13-32-12-17/h10-13,15-16,21,24H,2-9,14H2,1H3,(H,35,36,39)/t15-,16-,21-,24+/m1/s1. The van der Waals surface area contributed by atoms with E-state index in [-0.39, 0.29) is 12.2 Å². The quantitative estimate of drug-likeness (QED) is 0.335. The summed E-state index contributed by atoms with van der Waals surface area (Å²) in [7, 11) is 0. The van der Waals surface area contributed by atoms with E-state index in [1.165, 1.54) is 6.20 Å². The Labute approximate surface area is 239 Å². The van der Waals surface area contributed by atoms with Crippen molar-refractivity contribution < 1.29 is 18.0 Å². The van der Waals surface area contributed by atoms with Crippen LogP contribution in [0.25, 0.3) is 33.8 Å². The van der Waals surface area contributed by atoms with Crippen LogP contribution in [0, 0.1) is 11.8 Å². The van der Waals surface area contributed by atoms with Gasteiger partial charge in [-0.25, -0.2) is 23.5 Å². The van der Waals surface area contributed by atoms with Crippen molar-refractivity contribution in [1.29, 1.82) is 0 Å². The molecular formula is C28H30ClF2N7O3. The Bertz CT molecular complexity index is 1650. The molecule has 0 spiro atoms. The van der Waals surface area contributed by atoms with Crippen LogP contribution in [0.1, 0.15) is 45.4 Å². The third-order valence-electron chi connectivity index (χ3n) is 8.75. The molecule has 2 saturated carbocycles. The molecule has 216 valence electrons. The second kappa shape index (κ2) is 10.2. The summed E-state index contributed by atoms with van der Waals surface area (Å²) in [5.41, 5.74) is 2.71. The largest absolute Gasteiger partial charge is 0.439 e. The number of H-pyrrole nitrogens is 1. The van der Waals surface area contributed by atoms with E-state index in [1.807, 2.05) is 0 Å². The number of nitrogens with zero attached hydrogens (tertiary/aromatic N) is 6. The van der Waals surface area contributed by atoms with E-state index in [2.05, 4.69) is 26.6 Å². The first-order valence-corrected chi connectivity index (χ1v) is 14.5. The van der Waals surface area contributed by atoms with Crippen molar-refractivity contribution in [2.24, 2.45) is 11.8 Å². The molecule has 1 N–H and O–H groups in total. The Balaban J connectivity index is 1.46. The van der Waals surface area contributed by atoms with Crippen molar-refractivity contribution in [3.8, 4) is 22.8 Å². The van der Waals surface area contributed by atoms with E-state index in [9.17, 15) is 4.79 Å². The Hall–Kier alpha value is -3.38. The number of morpholine rings is 1. The number of aromatic amines is 1. The number of ether oxygens (including phenoxy) is 1. The Morgan fingerprint density at radius 1 is 1.15 bits per heavy atom. The molecule has 41 heavy (non-hydrogen) atoms. The van der Waals surface area contributed by atoms with Crippen LogP contribution in [-0.2, 0) is 11.3 Å². The molecule has 13 heteroatoms. The second-order valence-electron chi connectivity index (χ2n) is 11.6. The van der Waals surface area contributed by atoms with Gasteiger partial charge < -0.3 is 14.2 Å². The highest BCUT2D eigenvalue weighted by Crippen LogP contribution is 2.45. The van der Waals surface area contributed by atoms with Gasteiger partial charge in [-0.05, 0) is 43.2 Å². The van der Waals surface area contributed by atoms with E-state index in [1.54, 1.807) is 23.2 Å². The third kappa shape index (κ3) is 4.80. The van der Waals surface area contributed by atoms with Crippen LogP contribution in [0.5, 0.6) is 0 Å². The summed E-state index contributed by atoms with van der Waals surface area (Å²) in [6, 6.07) is 2.35. The highest BCUT2D eigenvalue weighted by Gasteiger charge is 2.56. The molecule has 1 saturated heterocycles. The smallest absolute Gasteiger partial charge is 0.374 e. The minimum atomic E-state index is -2.91. The number of rotatable bonds is 5. The minimum absolute atomic E-state index is 0.138. The van der Waals surface area contributed by atoms with Crippen LogP contribution in [0.4, 0.5) is 14.7 Å². The zero-order valence-electron chi connectivity index (χ0n) is 22.5. The summed E-state index contributed by atoms with van der Waals surface area (Å²) in [5.74, 6) is -1.97. The highest BCUT2D eigenvalue weighted by atomic mass is 35.5. The molecule has 5 heterocycles. The van der Waals surface area contributed by atoms with Crippen molar-refractivity contribution in [2.75, 3.05) is 18.1 Å². The Kier molecular flexibility index (Phi) is 6.57. The zero-order valence-corrected chi connectivity index (χ0v) is 23.3. The van der Waals surface area contributed by atoms with Gasteiger partial charge in [0.2, 0.25) is 11.8 Å². The van der Waals surface area contributed by atoms with E-state index < -0.39 is 23.8 Å². The molecule has 2 aliphatic carbocycles. The lowest BCUT2D eigenvalue weighted by Gasteiger charge is -2.41. The maximum Gasteiger partial charge on any atom is 0.439 e. The average molecular weight is 586 g/mol. The molecule has 0 bridgehead atoms. The van der Waals surface area contributed by atoms with Crippen molar-refractivity contribution in [2.45, 2.75) is 70.1 Å². The van der Waals surface area contributed by atoms with Crippen molar-refractivity contribution in [3.05, 3.63) is 40.1 Å². The fourth-order valence-electron chi connectivity index (χ4n) is 6.69. The summed E-state index contributed by atoms with van der Waals surface area (Å²) in [6.45, 7) is 3.53. The summed E-state index contributed by atoms with van der Waals surface area (Å²) in [4.78, 5) is 30.2. The van der Waals surface area contributed by atoms with Gasteiger partial charge in [0.15, 0.2) is 0 Å². The molecule has 2 atom stereocenters. The number of hydrogen-bond donors (Lipinski definition) is 1. The molecule has 10 nitrogen and oxygen atoms in total. The third-order valence-corrected chi connectivity index (χ3v) is 8.95. The zero-order chi connectivity index (χ0) is 28.3. The number of halogens is 3. The van der Waals surface area contributed by atoms with Gasteiger partial charge in [-0.2, -0.15) is 0 Å². The van der Waals surface area contributed by atoms with E-state index in [4.69, 9.17) is 30.8 Å². The summed E-state index contributed by atoms with van der Waals surface area (Å²) in [6.07, 6.45) is 7.05. The van der Waals surface area contributed by atoms with Crippen molar-refractivity contribution in [3.63, 3.8) is 0 Å². The lowest BCUT2D eigenvalue weighted by Crippen LogP contribution is -2.56. The Morgan fingerprint density at radius 3 is 2.73 bits per heavy atom. The number of imidazole rings is 1. The number of pyridine rings is 2. The number of nitrogens with one attached hydrogen (secondary N) is 1. The van der Waals surface area contributed by atoms with E-state index in [0.717, 1.165) is 25.7 Å². The van der Waals surface area contributed by atoms with Crippen molar-refractivity contribution in [1.82, 2.24) is 29.7 Å².